The van der Waals surface area contributed by atoms with E-state index in [4.69, 9.17) is 0 Å². The second-order valence-electron chi connectivity index (χ2n) is 6.30. The fraction of sp³-hybridized carbons (Fsp3) is 0.211. The number of rotatable bonds is 4. The van der Waals surface area contributed by atoms with E-state index in [9.17, 15) is 9.59 Å². The van der Waals surface area contributed by atoms with Gasteiger partial charge in [-0.05, 0) is 36.2 Å². The average molecular weight is 334 g/mol. The van der Waals surface area contributed by atoms with Crippen LogP contribution in [-0.4, -0.2) is 21.8 Å². The van der Waals surface area contributed by atoms with E-state index < -0.39 is 0 Å². The van der Waals surface area contributed by atoms with Gasteiger partial charge in [0.1, 0.15) is 5.82 Å². The van der Waals surface area contributed by atoms with Gasteiger partial charge in [-0.2, -0.15) is 0 Å². The van der Waals surface area contributed by atoms with Gasteiger partial charge in [0.15, 0.2) is 0 Å². The summed E-state index contributed by atoms with van der Waals surface area (Å²) in [6.07, 6.45) is 0.210. The van der Waals surface area contributed by atoms with E-state index in [0.717, 1.165) is 22.2 Å². The molecule has 0 saturated heterocycles. The normalized spacial score (nSPS) is 15.9. The van der Waals surface area contributed by atoms with Crippen LogP contribution in [0, 0.1) is 6.92 Å². The van der Waals surface area contributed by atoms with Gasteiger partial charge >= 0.3 is 0 Å². The predicted molar refractivity (Wildman–Crippen MR) is 93.9 cm³/mol. The third-order valence-corrected chi connectivity index (χ3v) is 4.42. The molecule has 2 heterocycles. The number of imidazole rings is 1. The van der Waals surface area contributed by atoms with E-state index in [1.165, 1.54) is 0 Å². The summed E-state index contributed by atoms with van der Waals surface area (Å²) in [6.45, 7) is 2.35. The number of amides is 2. The summed E-state index contributed by atoms with van der Waals surface area (Å²) in [6, 6.07) is 13.1. The van der Waals surface area contributed by atoms with Crippen LogP contribution < -0.4 is 10.6 Å². The van der Waals surface area contributed by atoms with Crippen molar-refractivity contribution in [3.05, 3.63) is 65.0 Å². The Morgan fingerprint density at radius 1 is 1.24 bits per heavy atom. The Morgan fingerprint density at radius 3 is 2.96 bits per heavy atom. The molecule has 4 rings (SSSR count). The summed E-state index contributed by atoms with van der Waals surface area (Å²) in [5.41, 5.74) is 4.52. The molecule has 6 nitrogen and oxygen atoms in total. The Labute approximate surface area is 144 Å². The molecular weight excluding hydrogens is 316 g/mol. The SMILES string of the molecule is Cc1ccc2nc(CNC(=O)C[C@@H]3NC(=O)c4ccccc43)[nH]c2c1. The lowest BCUT2D eigenvalue weighted by atomic mass is 10.0. The first-order valence-electron chi connectivity index (χ1n) is 8.22. The Bertz CT molecular complexity index is 976. The molecular formula is C19H18N4O2. The van der Waals surface area contributed by atoms with Crippen molar-refractivity contribution in [2.75, 3.05) is 0 Å². The number of carbonyl (C=O) groups is 2. The van der Waals surface area contributed by atoms with Crippen LogP contribution in [0.15, 0.2) is 42.5 Å². The highest BCUT2D eigenvalue weighted by atomic mass is 16.2. The van der Waals surface area contributed by atoms with Gasteiger partial charge in [-0.25, -0.2) is 4.98 Å². The maximum absolute atomic E-state index is 12.3. The molecule has 2 aromatic carbocycles. The molecule has 2 amide bonds. The minimum atomic E-state index is -0.276. The highest BCUT2D eigenvalue weighted by Gasteiger charge is 2.29. The van der Waals surface area contributed by atoms with Crippen LogP contribution in [0.25, 0.3) is 11.0 Å². The first-order valence-corrected chi connectivity index (χ1v) is 8.22. The van der Waals surface area contributed by atoms with Crippen molar-refractivity contribution < 1.29 is 9.59 Å². The number of aryl methyl sites for hydroxylation is 1. The highest BCUT2D eigenvalue weighted by Crippen LogP contribution is 2.27. The van der Waals surface area contributed by atoms with Gasteiger partial charge in [-0.3, -0.25) is 9.59 Å². The Morgan fingerprint density at radius 2 is 2.08 bits per heavy atom. The second-order valence-corrected chi connectivity index (χ2v) is 6.30. The molecule has 3 aromatic rings. The lowest BCUT2D eigenvalue weighted by Crippen LogP contribution is -2.29. The Kier molecular flexibility index (Phi) is 3.72. The smallest absolute Gasteiger partial charge is 0.252 e. The standard InChI is InChI=1S/C19H18N4O2/c1-11-6-7-14-16(8-11)22-17(21-14)10-20-18(24)9-15-12-4-2-3-5-13(12)19(25)23-15/h2-8,15H,9-10H2,1H3,(H,20,24)(H,21,22)(H,23,25)/t15-/m0/s1. The number of nitrogens with one attached hydrogen (secondary N) is 3. The van der Waals surface area contributed by atoms with Gasteiger partial charge in [-0.15, -0.1) is 0 Å². The van der Waals surface area contributed by atoms with E-state index >= 15 is 0 Å². The molecule has 0 bridgehead atoms. The zero-order valence-corrected chi connectivity index (χ0v) is 13.8. The maximum Gasteiger partial charge on any atom is 0.252 e. The van der Waals surface area contributed by atoms with E-state index in [1.54, 1.807) is 6.07 Å². The van der Waals surface area contributed by atoms with Crippen LogP contribution in [0.4, 0.5) is 0 Å². The van der Waals surface area contributed by atoms with Gasteiger partial charge in [0.05, 0.1) is 30.0 Å². The summed E-state index contributed by atoms with van der Waals surface area (Å²) >= 11 is 0. The third kappa shape index (κ3) is 2.98. The molecule has 1 aliphatic heterocycles. The molecule has 126 valence electrons. The van der Waals surface area contributed by atoms with Crippen molar-refractivity contribution in [1.82, 2.24) is 20.6 Å². The van der Waals surface area contributed by atoms with E-state index in [0.29, 0.717) is 17.9 Å². The minimum absolute atomic E-state index is 0.124. The van der Waals surface area contributed by atoms with Crippen molar-refractivity contribution in [2.24, 2.45) is 0 Å². The summed E-state index contributed by atoms with van der Waals surface area (Å²) in [4.78, 5) is 31.8. The highest BCUT2D eigenvalue weighted by molar-refractivity contribution is 5.99. The largest absolute Gasteiger partial charge is 0.349 e. The lowest BCUT2D eigenvalue weighted by molar-refractivity contribution is -0.121. The molecule has 0 aliphatic carbocycles. The molecule has 0 saturated carbocycles. The van der Waals surface area contributed by atoms with Crippen molar-refractivity contribution in [1.29, 1.82) is 0 Å². The van der Waals surface area contributed by atoms with Gasteiger partial charge < -0.3 is 15.6 Å². The van der Waals surface area contributed by atoms with Crippen LogP contribution >= 0.6 is 0 Å². The molecule has 0 unspecified atom stereocenters. The van der Waals surface area contributed by atoms with Gasteiger partial charge in [0, 0.05) is 5.56 Å². The summed E-state index contributed by atoms with van der Waals surface area (Å²) in [5.74, 6) is 0.463. The van der Waals surface area contributed by atoms with Crippen LogP contribution in [0.5, 0.6) is 0 Å². The second kappa shape index (κ2) is 6.05. The fourth-order valence-corrected chi connectivity index (χ4v) is 3.18. The quantitative estimate of drug-likeness (QED) is 0.684. The predicted octanol–water partition coefficient (Wildman–Crippen LogP) is 2.36. The first kappa shape index (κ1) is 15.4. The molecule has 0 spiro atoms. The maximum atomic E-state index is 12.3. The molecule has 1 atom stereocenters. The van der Waals surface area contributed by atoms with Crippen LogP contribution in [-0.2, 0) is 11.3 Å². The number of benzene rings is 2. The van der Waals surface area contributed by atoms with E-state index in [-0.39, 0.29) is 24.3 Å². The van der Waals surface area contributed by atoms with Gasteiger partial charge in [0.2, 0.25) is 5.91 Å². The topological polar surface area (TPSA) is 86.9 Å². The van der Waals surface area contributed by atoms with Crippen molar-refractivity contribution >= 4 is 22.8 Å². The molecule has 3 N–H and O–H groups in total. The number of H-pyrrole nitrogens is 1. The number of hydrogen-bond acceptors (Lipinski definition) is 3. The lowest BCUT2D eigenvalue weighted by Gasteiger charge is -2.11. The van der Waals surface area contributed by atoms with Crippen LogP contribution in [0.2, 0.25) is 0 Å². The van der Waals surface area contributed by atoms with Gasteiger partial charge in [0.25, 0.3) is 5.91 Å². The summed E-state index contributed by atoms with van der Waals surface area (Å²) < 4.78 is 0. The number of fused-ring (bicyclic) bond motifs is 2. The minimum Gasteiger partial charge on any atom is -0.349 e. The number of nitrogens with zero attached hydrogens (tertiary/aromatic N) is 1. The first-order chi connectivity index (χ1) is 12.1. The van der Waals surface area contributed by atoms with E-state index in [1.807, 2.05) is 43.3 Å². The molecule has 6 heteroatoms. The Hall–Kier alpha value is -3.15. The van der Waals surface area contributed by atoms with Crippen molar-refractivity contribution in [3.8, 4) is 0 Å². The third-order valence-electron chi connectivity index (χ3n) is 4.42. The summed E-state index contributed by atoms with van der Waals surface area (Å²) in [5, 5.41) is 5.72. The zero-order chi connectivity index (χ0) is 17.4. The molecule has 0 fully saturated rings. The van der Waals surface area contributed by atoms with Crippen molar-refractivity contribution in [3.63, 3.8) is 0 Å². The number of hydrogen-bond donors (Lipinski definition) is 3. The number of aromatic nitrogens is 2. The number of carbonyl (C=O) groups excluding carboxylic acids is 2. The monoisotopic (exact) mass is 334 g/mol. The molecule has 25 heavy (non-hydrogen) atoms. The molecule has 1 aliphatic rings. The van der Waals surface area contributed by atoms with Gasteiger partial charge in [-0.1, -0.05) is 24.3 Å². The summed E-state index contributed by atoms with van der Waals surface area (Å²) in [7, 11) is 0. The van der Waals surface area contributed by atoms with Crippen LogP contribution in [0.1, 0.15) is 39.8 Å². The van der Waals surface area contributed by atoms with Crippen LogP contribution in [0.3, 0.4) is 0 Å². The number of aromatic amines is 1. The zero-order valence-electron chi connectivity index (χ0n) is 13.8. The average Bonchev–Trinajstić information content (AvgIpc) is 3.14. The molecule has 1 aromatic heterocycles. The Balaban J connectivity index is 1.40. The van der Waals surface area contributed by atoms with E-state index in [2.05, 4.69) is 20.6 Å². The molecule has 0 radical (unpaired) electrons. The van der Waals surface area contributed by atoms with Crippen molar-refractivity contribution in [2.45, 2.75) is 25.9 Å². The fourth-order valence-electron chi connectivity index (χ4n) is 3.18.